The Labute approximate surface area is 99.1 Å². The normalized spacial score (nSPS) is 12.3. The Kier molecular flexibility index (Phi) is 6.95. The summed E-state index contributed by atoms with van der Waals surface area (Å²) in [6.07, 6.45) is 4.09. The second kappa shape index (κ2) is 7.37. The van der Waals surface area contributed by atoms with E-state index in [1.54, 1.807) is 13.0 Å². The highest BCUT2D eigenvalue weighted by molar-refractivity contribution is 5.91. The van der Waals surface area contributed by atoms with Gasteiger partial charge in [0.2, 0.25) is 0 Å². The van der Waals surface area contributed by atoms with Crippen LogP contribution in [0, 0.1) is 11.8 Å². The summed E-state index contributed by atoms with van der Waals surface area (Å²) in [6, 6.07) is 0. The Hall–Kier alpha value is -0.920. The van der Waals surface area contributed by atoms with Crippen molar-refractivity contribution in [1.82, 2.24) is 0 Å². The van der Waals surface area contributed by atoms with Gasteiger partial charge in [-0.3, -0.25) is 4.79 Å². The number of carbonyl (C=O) groups excluding carboxylic acids is 2. The van der Waals surface area contributed by atoms with Crippen LogP contribution in [0.5, 0.6) is 0 Å². The maximum Gasteiger partial charge on any atom is 0.158 e. The predicted octanol–water partition coefficient (Wildman–Crippen LogP) is 3.55. The summed E-state index contributed by atoms with van der Waals surface area (Å²) in [5.41, 5.74) is 1.17. The lowest BCUT2D eigenvalue weighted by Crippen LogP contribution is -2.06. The lowest BCUT2D eigenvalue weighted by atomic mass is 9.94. The average Bonchev–Trinajstić information content (AvgIpc) is 2.14. The highest BCUT2D eigenvalue weighted by atomic mass is 16.1. The van der Waals surface area contributed by atoms with Crippen LogP contribution >= 0.6 is 0 Å². The molecule has 0 saturated heterocycles. The molecule has 0 amide bonds. The molecule has 0 aromatic rings. The summed E-state index contributed by atoms with van der Waals surface area (Å²) in [6.45, 7) is 9.61. The molecule has 0 N–H and O–H groups in total. The van der Waals surface area contributed by atoms with Gasteiger partial charge in [0, 0.05) is 12.3 Å². The van der Waals surface area contributed by atoms with Crippen molar-refractivity contribution < 1.29 is 9.59 Å². The highest BCUT2D eigenvalue weighted by Gasteiger charge is 2.09. The van der Waals surface area contributed by atoms with Crippen LogP contribution in [0.15, 0.2) is 11.6 Å². The van der Waals surface area contributed by atoms with Gasteiger partial charge in [-0.2, -0.15) is 0 Å². The minimum absolute atomic E-state index is 0.0570. The molecule has 0 aliphatic rings. The SMILES string of the molecule is CC(=O)CCC/C(=C\C(=O)C(C)C)C(C)C. The molecule has 2 heteroatoms. The summed E-state index contributed by atoms with van der Waals surface area (Å²) >= 11 is 0. The van der Waals surface area contributed by atoms with Gasteiger partial charge in [0.05, 0.1) is 0 Å². The zero-order valence-electron chi connectivity index (χ0n) is 11.2. The summed E-state index contributed by atoms with van der Waals surface area (Å²) in [5, 5.41) is 0. The zero-order chi connectivity index (χ0) is 12.7. The third kappa shape index (κ3) is 6.54. The minimum Gasteiger partial charge on any atom is -0.300 e. The number of ketones is 2. The molecule has 0 aliphatic carbocycles. The van der Waals surface area contributed by atoms with Gasteiger partial charge in [-0.25, -0.2) is 0 Å². The Bertz CT molecular complexity index is 272. The van der Waals surface area contributed by atoms with E-state index in [1.807, 2.05) is 13.8 Å². The first kappa shape index (κ1) is 15.1. The van der Waals surface area contributed by atoms with Gasteiger partial charge in [-0.05, 0) is 31.8 Å². The average molecular weight is 224 g/mol. The van der Waals surface area contributed by atoms with Gasteiger partial charge < -0.3 is 4.79 Å². The van der Waals surface area contributed by atoms with Crippen LogP contribution in [0.4, 0.5) is 0 Å². The maximum absolute atomic E-state index is 11.6. The van der Waals surface area contributed by atoms with Crippen LogP contribution in [-0.4, -0.2) is 11.6 Å². The molecule has 0 heterocycles. The van der Waals surface area contributed by atoms with Crippen LogP contribution in [0.2, 0.25) is 0 Å². The molecular weight excluding hydrogens is 200 g/mol. The van der Waals surface area contributed by atoms with E-state index in [0.717, 1.165) is 12.8 Å². The third-order valence-corrected chi connectivity index (χ3v) is 2.63. The Morgan fingerprint density at radius 1 is 1.00 bits per heavy atom. The van der Waals surface area contributed by atoms with E-state index in [2.05, 4.69) is 13.8 Å². The third-order valence-electron chi connectivity index (χ3n) is 2.63. The van der Waals surface area contributed by atoms with E-state index in [4.69, 9.17) is 0 Å². The molecule has 0 rings (SSSR count). The largest absolute Gasteiger partial charge is 0.300 e. The van der Waals surface area contributed by atoms with E-state index in [-0.39, 0.29) is 17.5 Å². The van der Waals surface area contributed by atoms with Crippen molar-refractivity contribution in [3.05, 3.63) is 11.6 Å². The first-order chi connectivity index (χ1) is 7.34. The lowest BCUT2D eigenvalue weighted by Gasteiger charge is -2.11. The Balaban J connectivity index is 4.38. The van der Waals surface area contributed by atoms with Gasteiger partial charge in [-0.15, -0.1) is 0 Å². The number of rotatable bonds is 7. The van der Waals surface area contributed by atoms with Crippen molar-refractivity contribution in [1.29, 1.82) is 0 Å². The fraction of sp³-hybridized carbons (Fsp3) is 0.714. The molecule has 16 heavy (non-hydrogen) atoms. The van der Waals surface area contributed by atoms with Crippen LogP contribution in [0.3, 0.4) is 0 Å². The Morgan fingerprint density at radius 2 is 1.56 bits per heavy atom. The van der Waals surface area contributed by atoms with Crippen molar-refractivity contribution in [2.75, 3.05) is 0 Å². The molecular formula is C14H24O2. The summed E-state index contributed by atoms with van der Waals surface area (Å²) in [5.74, 6) is 0.848. The quantitative estimate of drug-likeness (QED) is 0.620. The number of hydrogen-bond donors (Lipinski definition) is 0. The van der Waals surface area contributed by atoms with Crippen molar-refractivity contribution in [3.8, 4) is 0 Å². The number of Topliss-reactive ketones (excluding diaryl/α,β-unsaturated/α-hetero) is 1. The fourth-order valence-electron chi connectivity index (χ4n) is 1.42. The molecule has 2 nitrogen and oxygen atoms in total. The van der Waals surface area contributed by atoms with Crippen LogP contribution in [-0.2, 0) is 9.59 Å². The van der Waals surface area contributed by atoms with Gasteiger partial charge in [0.1, 0.15) is 5.78 Å². The van der Waals surface area contributed by atoms with Gasteiger partial charge in [0.25, 0.3) is 0 Å². The molecule has 0 spiro atoms. The van der Waals surface area contributed by atoms with E-state index in [1.165, 1.54) is 5.57 Å². The summed E-state index contributed by atoms with van der Waals surface area (Å²) in [4.78, 5) is 22.5. The molecule has 0 aliphatic heterocycles. The van der Waals surface area contributed by atoms with Gasteiger partial charge >= 0.3 is 0 Å². The van der Waals surface area contributed by atoms with Crippen LogP contribution in [0.25, 0.3) is 0 Å². The molecule has 0 aromatic carbocycles. The minimum atomic E-state index is 0.0570. The van der Waals surface area contributed by atoms with Crippen LogP contribution in [0.1, 0.15) is 53.9 Å². The molecule has 0 atom stereocenters. The molecule has 0 unspecified atom stereocenters. The topological polar surface area (TPSA) is 34.1 Å². The maximum atomic E-state index is 11.6. The molecule has 0 fully saturated rings. The highest BCUT2D eigenvalue weighted by Crippen LogP contribution is 2.18. The van der Waals surface area contributed by atoms with E-state index >= 15 is 0 Å². The van der Waals surface area contributed by atoms with E-state index in [9.17, 15) is 9.59 Å². The zero-order valence-corrected chi connectivity index (χ0v) is 11.2. The molecule has 0 saturated carbocycles. The first-order valence-electron chi connectivity index (χ1n) is 6.08. The molecule has 0 radical (unpaired) electrons. The number of allylic oxidation sites excluding steroid dienone is 2. The molecule has 0 bridgehead atoms. The van der Waals surface area contributed by atoms with Crippen molar-refractivity contribution in [2.24, 2.45) is 11.8 Å². The summed E-state index contributed by atoms with van der Waals surface area (Å²) in [7, 11) is 0. The van der Waals surface area contributed by atoms with Crippen molar-refractivity contribution >= 4 is 11.6 Å². The fourth-order valence-corrected chi connectivity index (χ4v) is 1.42. The second-order valence-electron chi connectivity index (χ2n) is 4.99. The number of hydrogen-bond acceptors (Lipinski definition) is 2. The standard InChI is InChI=1S/C14H24O2/c1-10(2)13(8-6-7-12(5)15)9-14(16)11(3)4/h9-11H,6-8H2,1-5H3/b13-9+. The van der Waals surface area contributed by atoms with Gasteiger partial charge in [-0.1, -0.05) is 33.3 Å². The van der Waals surface area contributed by atoms with Crippen molar-refractivity contribution in [3.63, 3.8) is 0 Å². The van der Waals surface area contributed by atoms with E-state index in [0.29, 0.717) is 12.3 Å². The first-order valence-corrected chi connectivity index (χ1v) is 6.08. The van der Waals surface area contributed by atoms with Crippen molar-refractivity contribution in [2.45, 2.75) is 53.9 Å². The van der Waals surface area contributed by atoms with Crippen LogP contribution < -0.4 is 0 Å². The molecule has 92 valence electrons. The smallest absolute Gasteiger partial charge is 0.158 e. The Morgan fingerprint density at radius 3 is 1.94 bits per heavy atom. The molecule has 0 aromatic heterocycles. The lowest BCUT2D eigenvalue weighted by molar-refractivity contribution is -0.117. The monoisotopic (exact) mass is 224 g/mol. The number of carbonyl (C=O) groups is 2. The predicted molar refractivity (Wildman–Crippen MR) is 67.3 cm³/mol. The van der Waals surface area contributed by atoms with Gasteiger partial charge in [0.15, 0.2) is 5.78 Å². The summed E-state index contributed by atoms with van der Waals surface area (Å²) < 4.78 is 0. The second-order valence-corrected chi connectivity index (χ2v) is 4.99. The van der Waals surface area contributed by atoms with E-state index < -0.39 is 0 Å².